The van der Waals surface area contributed by atoms with Gasteiger partial charge < -0.3 is 10.0 Å². The maximum atomic E-state index is 11.6. The average Bonchev–Trinajstić information content (AvgIpc) is 2.81. The molecule has 1 saturated heterocycles. The Hall–Kier alpha value is -1.72. The zero-order chi connectivity index (χ0) is 14.3. The first kappa shape index (κ1) is 13.3. The highest BCUT2D eigenvalue weighted by Crippen LogP contribution is 2.41. The van der Waals surface area contributed by atoms with Gasteiger partial charge in [-0.15, -0.1) is 5.10 Å². The molecule has 20 heavy (non-hydrogen) atoms. The second-order valence-corrected chi connectivity index (χ2v) is 5.89. The summed E-state index contributed by atoms with van der Waals surface area (Å²) in [6, 6.07) is -0.249. The largest absolute Gasteiger partial charge is 0.480 e. The van der Waals surface area contributed by atoms with Crippen molar-refractivity contribution in [1.82, 2.24) is 15.2 Å². The molecule has 2 fully saturated rings. The predicted molar refractivity (Wildman–Crippen MR) is 73.6 cm³/mol. The molecule has 1 aliphatic heterocycles. The first-order valence-electron chi connectivity index (χ1n) is 7.27. The Labute approximate surface area is 118 Å². The fourth-order valence-corrected chi connectivity index (χ4v) is 3.52. The van der Waals surface area contributed by atoms with Gasteiger partial charge in [-0.1, -0.05) is 12.8 Å². The van der Waals surface area contributed by atoms with Crippen LogP contribution in [0.3, 0.4) is 0 Å². The molecule has 108 valence electrons. The zero-order valence-corrected chi connectivity index (χ0v) is 11.9. The van der Waals surface area contributed by atoms with E-state index in [1.54, 1.807) is 0 Å². The number of carbonyl (C=O) groups is 1. The summed E-state index contributed by atoms with van der Waals surface area (Å²) in [5, 5.41) is 17.8. The summed E-state index contributed by atoms with van der Waals surface area (Å²) in [5.74, 6) is 0.159. The molecule has 0 amide bonds. The summed E-state index contributed by atoms with van der Waals surface area (Å²) in [7, 11) is 0. The molecule has 6 heteroatoms. The van der Waals surface area contributed by atoms with Crippen molar-refractivity contribution in [2.45, 2.75) is 58.0 Å². The molecule has 3 rings (SSSR count). The van der Waals surface area contributed by atoms with Crippen LogP contribution in [-0.4, -0.2) is 38.3 Å². The predicted octanol–water partition coefficient (Wildman–Crippen LogP) is 1.71. The van der Waals surface area contributed by atoms with Crippen molar-refractivity contribution in [2.24, 2.45) is 5.92 Å². The van der Waals surface area contributed by atoms with Crippen LogP contribution in [0.25, 0.3) is 0 Å². The number of anilines is 1. The van der Waals surface area contributed by atoms with Crippen LogP contribution in [0.5, 0.6) is 0 Å². The van der Waals surface area contributed by atoms with Gasteiger partial charge in [-0.05, 0) is 39.0 Å². The third-order valence-electron chi connectivity index (χ3n) is 4.68. The molecule has 1 aliphatic carbocycles. The molecule has 1 aromatic rings. The van der Waals surface area contributed by atoms with Crippen molar-refractivity contribution in [2.75, 3.05) is 4.90 Å². The van der Waals surface area contributed by atoms with Gasteiger partial charge in [-0.2, -0.15) is 5.10 Å². The summed E-state index contributed by atoms with van der Waals surface area (Å²) < 4.78 is 0. The quantitative estimate of drug-likeness (QED) is 0.886. The lowest BCUT2D eigenvalue weighted by Crippen LogP contribution is -2.43. The Morgan fingerprint density at radius 3 is 2.65 bits per heavy atom. The maximum absolute atomic E-state index is 11.6. The van der Waals surface area contributed by atoms with Crippen LogP contribution in [0.15, 0.2) is 0 Å². The minimum atomic E-state index is -0.777. The number of rotatable bonds is 2. The summed E-state index contributed by atoms with van der Waals surface area (Å²) in [6.45, 7) is 3.75. The van der Waals surface area contributed by atoms with E-state index in [1.165, 1.54) is 6.42 Å². The summed E-state index contributed by atoms with van der Waals surface area (Å²) in [4.78, 5) is 17.9. The van der Waals surface area contributed by atoms with Crippen molar-refractivity contribution in [3.63, 3.8) is 0 Å². The minimum Gasteiger partial charge on any atom is -0.480 e. The second kappa shape index (κ2) is 5.00. The fraction of sp³-hybridized carbons (Fsp3) is 0.714. The highest BCUT2D eigenvalue weighted by Gasteiger charge is 2.46. The van der Waals surface area contributed by atoms with E-state index in [0.717, 1.165) is 30.7 Å². The van der Waals surface area contributed by atoms with Gasteiger partial charge in [0.2, 0.25) is 5.95 Å². The van der Waals surface area contributed by atoms with Crippen molar-refractivity contribution >= 4 is 11.9 Å². The molecule has 2 aliphatic rings. The number of carboxylic acids is 1. The topological polar surface area (TPSA) is 79.2 Å². The van der Waals surface area contributed by atoms with E-state index in [2.05, 4.69) is 15.2 Å². The van der Waals surface area contributed by atoms with E-state index >= 15 is 0 Å². The van der Waals surface area contributed by atoms with Crippen LogP contribution >= 0.6 is 0 Å². The number of aryl methyl sites for hydroxylation is 2. The van der Waals surface area contributed by atoms with Crippen LogP contribution in [0, 0.1) is 19.8 Å². The van der Waals surface area contributed by atoms with E-state index in [-0.39, 0.29) is 6.04 Å². The van der Waals surface area contributed by atoms with Crippen LogP contribution in [0.1, 0.15) is 43.5 Å². The molecule has 3 unspecified atom stereocenters. The van der Waals surface area contributed by atoms with Gasteiger partial charge in [0, 0.05) is 6.04 Å². The molecule has 3 atom stereocenters. The monoisotopic (exact) mass is 276 g/mol. The minimum absolute atomic E-state index is 0.258. The van der Waals surface area contributed by atoms with E-state index in [0.29, 0.717) is 18.3 Å². The number of nitrogens with zero attached hydrogens (tertiary/aromatic N) is 4. The fourth-order valence-electron chi connectivity index (χ4n) is 3.52. The van der Waals surface area contributed by atoms with Crippen LogP contribution in [0.2, 0.25) is 0 Å². The Kier molecular flexibility index (Phi) is 3.31. The van der Waals surface area contributed by atoms with E-state index in [4.69, 9.17) is 0 Å². The summed E-state index contributed by atoms with van der Waals surface area (Å²) >= 11 is 0. The normalized spacial score (nSPS) is 29.3. The average molecular weight is 276 g/mol. The van der Waals surface area contributed by atoms with Gasteiger partial charge in [0.15, 0.2) is 0 Å². The SMILES string of the molecule is Cc1nnc(N2C(C(=O)O)CC3CCCCC32)nc1C. The molecule has 1 aromatic heterocycles. The van der Waals surface area contributed by atoms with Crippen LogP contribution in [-0.2, 0) is 4.79 Å². The Bertz CT molecular complexity index is 534. The first-order chi connectivity index (χ1) is 9.58. The lowest BCUT2D eigenvalue weighted by molar-refractivity contribution is -0.138. The van der Waals surface area contributed by atoms with Gasteiger partial charge >= 0.3 is 5.97 Å². The number of fused-ring (bicyclic) bond motifs is 1. The zero-order valence-electron chi connectivity index (χ0n) is 11.9. The molecule has 0 spiro atoms. The third-order valence-corrected chi connectivity index (χ3v) is 4.68. The lowest BCUT2D eigenvalue weighted by Gasteiger charge is -2.32. The standard InChI is InChI=1S/C14H20N4O2/c1-8-9(2)16-17-14(15-8)18-11-6-4-3-5-10(11)7-12(18)13(19)20/h10-12H,3-7H2,1-2H3,(H,19,20). The van der Waals surface area contributed by atoms with Crippen molar-refractivity contribution in [1.29, 1.82) is 0 Å². The van der Waals surface area contributed by atoms with Crippen LogP contribution < -0.4 is 4.90 Å². The number of hydrogen-bond donors (Lipinski definition) is 1. The number of carboxylic acid groups (broad SMARTS) is 1. The van der Waals surface area contributed by atoms with Gasteiger partial charge in [-0.3, -0.25) is 0 Å². The summed E-state index contributed by atoms with van der Waals surface area (Å²) in [6.07, 6.45) is 5.21. The molecule has 0 radical (unpaired) electrons. The number of hydrogen-bond acceptors (Lipinski definition) is 5. The van der Waals surface area contributed by atoms with Crippen LogP contribution in [0.4, 0.5) is 5.95 Å². The maximum Gasteiger partial charge on any atom is 0.326 e. The smallest absolute Gasteiger partial charge is 0.326 e. The Balaban J connectivity index is 1.98. The molecular formula is C14H20N4O2. The number of aromatic nitrogens is 3. The summed E-state index contributed by atoms with van der Waals surface area (Å²) in [5.41, 5.74) is 1.61. The van der Waals surface area contributed by atoms with Gasteiger partial charge in [0.25, 0.3) is 0 Å². The van der Waals surface area contributed by atoms with E-state index in [9.17, 15) is 9.90 Å². The van der Waals surface area contributed by atoms with Gasteiger partial charge in [0.1, 0.15) is 6.04 Å². The Morgan fingerprint density at radius 2 is 1.95 bits per heavy atom. The van der Waals surface area contributed by atoms with E-state index < -0.39 is 12.0 Å². The molecule has 6 nitrogen and oxygen atoms in total. The molecule has 1 N–H and O–H groups in total. The van der Waals surface area contributed by atoms with Crippen molar-refractivity contribution in [3.8, 4) is 0 Å². The highest BCUT2D eigenvalue weighted by molar-refractivity contribution is 5.78. The Morgan fingerprint density at radius 1 is 1.20 bits per heavy atom. The van der Waals surface area contributed by atoms with Gasteiger partial charge in [0.05, 0.1) is 11.4 Å². The lowest BCUT2D eigenvalue weighted by atomic mass is 9.85. The van der Waals surface area contributed by atoms with Crippen molar-refractivity contribution < 1.29 is 9.90 Å². The highest BCUT2D eigenvalue weighted by atomic mass is 16.4. The molecule has 1 saturated carbocycles. The molecule has 2 heterocycles. The molecule has 0 aromatic carbocycles. The van der Waals surface area contributed by atoms with Gasteiger partial charge in [-0.25, -0.2) is 9.78 Å². The molecule has 0 bridgehead atoms. The first-order valence-corrected chi connectivity index (χ1v) is 7.27. The molecular weight excluding hydrogens is 256 g/mol. The van der Waals surface area contributed by atoms with Crippen molar-refractivity contribution in [3.05, 3.63) is 11.4 Å². The number of aliphatic carboxylic acids is 1. The third kappa shape index (κ3) is 2.13. The van der Waals surface area contributed by atoms with E-state index in [1.807, 2.05) is 18.7 Å². The second-order valence-electron chi connectivity index (χ2n) is 5.89.